The van der Waals surface area contributed by atoms with Gasteiger partial charge in [-0.05, 0) is 75.6 Å². The highest BCUT2D eigenvalue weighted by Gasteiger charge is 2.14. The molecule has 0 aliphatic rings. The van der Waals surface area contributed by atoms with Crippen LogP contribution in [0.1, 0.15) is 5.56 Å². The molecule has 3 amide bonds. The molecule has 0 radical (unpaired) electrons. The summed E-state index contributed by atoms with van der Waals surface area (Å²) < 4.78 is 0. The van der Waals surface area contributed by atoms with Crippen LogP contribution in [0.5, 0.6) is 0 Å². The quantitative estimate of drug-likeness (QED) is 0.121. The summed E-state index contributed by atoms with van der Waals surface area (Å²) in [5.41, 5.74) is 3.62. The Morgan fingerprint density at radius 1 is 0.658 bits per heavy atom. The van der Waals surface area contributed by atoms with Crippen molar-refractivity contribution in [1.29, 1.82) is 0 Å². The Bertz CT molecular complexity index is 1690. The number of carbonyl (C=O) groups is 3. The average molecular weight is 500 g/mol. The summed E-state index contributed by atoms with van der Waals surface area (Å²) in [5, 5.41) is 8.70. The molecular weight excluding hydrogens is 474 g/mol. The van der Waals surface area contributed by atoms with E-state index in [1.165, 1.54) is 18.5 Å². The number of aldehydes is 1. The van der Waals surface area contributed by atoms with Crippen LogP contribution >= 0.6 is 0 Å². The molecule has 0 fully saturated rings. The van der Waals surface area contributed by atoms with E-state index < -0.39 is 11.9 Å². The van der Waals surface area contributed by atoms with Crippen LogP contribution in [0, 0.1) is 0 Å². The highest BCUT2D eigenvalue weighted by molar-refractivity contribution is 6.18. The molecule has 0 heterocycles. The Labute approximate surface area is 220 Å². The van der Waals surface area contributed by atoms with E-state index in [0.29, 0.717) is 11.8 Å². The highest BCUT2D eigenvalue weighted by Crippen LogP contribution is 2.37. The minimum absolute atomic E-state index is 0.142. The van der Waals surface area contributed by atoms with E-state index in [9.17, 15) is 14.4 Å². The Morgan fingerprint density at radius 3 is 1.92 bits per heavy atom. The van der Waals surface area contributed by atoms with Crippen molar-refractivity contribution in [2.45, 2.75) is 0 Å². The topological polar surface area (TPSA) is 78.5 Å². The normalized spacial score (nSPS) is 11.2. The number of benzene rings is 5. The monoisotopic (exact) mass is 499 g/mol. The van der Waals surface area contributed by atoms with Gasteiger partial charge >= 0.3 is 6.03 Å². The standard InChI is InChI=1S/C32H25N3O3/c1-33-32(38)34-31(37)27(21-36)18-22-11-12-26-20-30(16-14-25(26)17-22)35(28-9-3-2-4-10-28)29-15-13-23-7-5-6-8-24(23)19-29/h2-21H,1H3,(H2,33,34,37,38)/b27-18+. The van der Waals surface area contributed by atoms with Crippen LogP contribution in [0.4, 0.5) is 21.9 Å². The van der Waals surface area contributed by atoms with Gasteiger partial charge in [0.2, 0.25) is 0 Å². The first-order chi connectivity index (χ1) is 18.6. The van der Waals surface area contributed by atoms with Gasteiger partial charge in [0.1, 0.15) is 0 Å². The summed E-state index contributed by atoms with van der Waals surface area (Å²) in [7, 11) is 1.39. The SMILES string of the molecule is CNC(=O)NC(=O)/C(C=O)=C/c1ccc2cc(N(c3ccccc3)c3ccc4ccccc4c3)ccc2c1. The van der Waals surface area contributed by atoms with Gasteiger partial charge in [0.15, 0.2) is 6.29 Å². The molecule has 0 aromatic heterocycles. The Kier molecular flexibility index (Phi) is 6.95. The van der Waals surface area contributed by atoms with E-state index >= 15 is 0 Å². The molecule has 0 atom stereocenters. The predicted molar refractivity (Wildman–Crippen MR) is 153 cm³/mol. The first-order valence-corrected chi connectivity index (χ1v) is 12.1. The van der Waals surface area contributed by atoms with Crippen molar-refractivity contribution in [3.8, 4) is 0 Å². The third kappa shape index (κ3) is 5.15. The fourth-order valence-electron chi connectivity index (χ4n) is 4.39. The second-order valence-corrected chi connectivity index (χ2v) is 8.74. The molecule has 0 saturated carbocycles. The van der Waals surface area contributed by atoms with Crippen LogP contribution in [0.3, 0.4) is 0 Å². The molecule has 38 heavy (non-hydrogen) atoms. The number of para-hydroxylation sites is 1. The molecule has 0 bridgehead atoms. The van der Waals surface area contributed by atoms with E-state index in [1.54, 1.807) is 0 Å². The van der Waals surface area contributed by atoms with Gasteiger partial charge in [0.25, 0.3) is 5.91 Å². The van der Waals surface area contributed by atoms with Gasteiger partial charge in [-0.3, -0.25) is 14.9 Å². The molecule has 6 heteroatoms. The molecule has 5 rings (SSSR count). The molecular formula is C32H25N3O3. The van der Waals surface area contributed by atoms with Crippen molar-refractivity contribution in [2.24, 2.45) is 0 Å². The number of nitrogens with zero attached hydrogens (tertiary/aromatic N) is 1. The number of hydrogen-bond acceptors (Lipinski definition) is 4. The summed E-state index contributed by atoms with van der Waals surface area (Å²) in [6.07, 6.45) is 1.90. The first-order valence-electron chi connectivity index (χ1n) is 12.1. The minimum atomic E-state index is -0.760. The van der Waals surface area contributed by atoms with E-state index in [1.807, 2.05) is 54.6 Å². The molecule has 0 aliphatic carbocycles. The predicted octanol–water partition coefficient (Wildman–Crippen LogP) is 6.50. The highest BCUT2D eigenvalue weighted by atomic mass is 16.2. The van der Waals surface area contributed by atoms with Crippen LogP contribution < -0.4 is 15.5 Å². The van der Waals surface area contributed by atoms with Gasteiger partial charge < -0.3 is 10.2 Å². The number of amides is 3. The lowest BCUT2D eigenvalue weighted by Gasteiger charge is -2.26. The number of imide groups is 1. The van der Waals surface area contributed by atoms with Crippen molar-refractivity contribution in [3.05, 3.63) is 120 Å². The van der Waals surface area contributed by atoms with E-state index in [0.717, 1.165) is 33.2 Å². The second-order valence-electron chi connectivity index (χ2n) is 8.74. The van der Waals surface area contributed by atoms with Crippen molar-refractivity contribution in [3.63, 3.8) is 0 Å². The third-order valence-corrected chi connectivity index (χ3v) is 6.28. The molecule has 2 N–H and O–H groups in total. The molecule has 0 saturated heterocycles. The van der Waals surface area contributed by atoms with Crippen molar-refractivity contribution in [2.75, 3.05) is 11.9 Å². The third-order valence-electron chi connectivity index (χ3n) is 6.28. The molecule has 5 aromatic carbocycles. The maximum atomic E-state index is 12.2. The summed E-state index contributed by atoms with van der Waals surface area (Å²) in [6, 6.07) is 36.1. The fourth-order valence-corrected chi connectivity index (χ4v) is 4.39. The lowest BCUT2D eigenvalue weighted by atomic mass is 10.0. The van der Waals surface area contributed by atoms with Crippen LogP contribution in [0.2, 0.25) is 0 Å². The second kappa shape index (κ2) is 10.8. The Hall–Kier alpha value is -5.23. The number of fused-ring (bicyclic) bond motifs is 2. The zero-order chi connectivity index (χ0) is 26.5. The number of rotatable bonds is 6. The van der Waals surface area contributed by atoms with Gasteiger partial charge in [-0.2, -0.15) is 0 Å². The number of urea groups is 1. The number of hydrogen-bond donors (Lipinski definition) is 2. The zero-order valence-electron chi connectivity index (χ0n) is 20.7. The molecule has 0 spiro atoms. The minimum Gasteiger partial charge on any atom is -0.341 e. The molecule has 6 nitrogen and oxygen atoms in total. The molecule has 0 aliphatic heterocycles. The summed E-state index contributed by atoms with van der Waals surface area (Å²) in [4.78, 5) is 37.3. The maximum absolute atomic E-state index is 12.2. The fraction of sp³-hybridized carbons (Fsp3) is 0.0312. The molecule has 5 aromatic rings. The number of carbonyl (C=O) groups excluding carboxylic acids is 3. The number of nitrogens with one attached hydrogen (secondary N) is 2. The Balaban J connectivity index is 1.53. The van der Waals surface area contributed by atoms with Gasteiger partial charge in [-0.1, -0.05) is 66.7 Å². The van der Waals surface area contributed by atoms with Crippen LogP contribution in [0.15, 0.2) is 115 Å². The van der Waals surface area contributed by atoms with Gasteiger partial charge in [0, 0.05) is 24.1 Å². The Morgan fingerprint density at radius 2 is 1.24 bits per heavy atom. The molecule has 0 unspecified atom stereocenters. The van der Waals surface area contributed by atoms with Gasteiger partial charge in [0.05, 0.1) is 5.57 Å². The summed E-state index contributed by atoms with van der Waals surface area (Å²) >= 11 is 0. The van der Waals surface area contributed by atoms with E-state index in [2.05, 4.69) is 70.1 Å². The smallest absolute Gasteiger partial charge is 0.321 e. The maximum Gasteiger partial charge on any atom is 0.321 e. The van der Waals surface area contributed by atoms with E-state index in [-0.39, 0.29) is 5.57 Å². The largest absolute Gasteiger partial charge is 0.341 e. The lowest BCUT2D eigenvalue weighted by molar-refractivity contribution is -0.118. The van der Waals surface area contributed by atoms with Gasteiger partial charge in [-0.15, -0.1) is 0 Å². The number of anilines is 3. The molecule has 186 valence electrons. The van der Waals surface area contributed by atoms with Crippen molar-refractivity contribution < 1.29 is 14.4 Å². The van der Waals surface area contributed by atoms with Crippen molar-refractivity contribution >= 4 is 62.9 Å². The zero-order valence-corrected chi connectivity index (χ0v) is 20.7. The van der Waals surface area contributed by atoms with Crippen LogP contribution in [-0.4, -0.2) is 25.3 Å². The van der Waals surface area contributed by atoms with Gasteiger partial charge in [-0.25, -0.2) is 4.79 Å². The van der Waals surface area contributed by atoms with Crippen LogP contribution in [0.25, 0.3) is 27.6 Å². The van der Waals surface area contributed by atoms with Crippen molar-refractivity contribution in [1.82, 2.24) is 10.6 Å². The summed E-state index contributed by atoms with van der Waals surface area (Å²) in [5.74, 6) is -0.760. The first kappa shape index (κ1) is 24.5. The lowest BCUT2D eigenvalue weighted by Crippen LogP contribution is -2.38. The average Bonchev–Trinajstić information content (AvgIpc) is 2.96. The van der Waals surface area contributed by atoms with E-state index in [4.69, 9.17) is 0 Å². The summed E-state index contributed by atoms with van der Waals surface area (Å²) in [6.45, 7) is 0. The van der Waals surface area contributed by atoms with Crippen LogP contribution in [-0.2, 0) is 9.59 Å².